The van der Waals surface area contributed by atoms with E-state index < -0.39 is 0 Å². The van der Waals surface area contributed by atoms with Crippen LogP contribution in [0.4, 0.5) is 5.69 Å². The van der Waals surface area contributed by atoms with Gasteiger partial charge in [0.2, 0.25) is 0 Å². The first kappa shape index (κ1) is 17.8. The lowest BCUT2D eigenvalue weighted by molar-refractivity contribution is 0.0264. The number of nitrogens with one attached hydrogen (secondary N) is 1. The predicted octanol–water partition coefficient (Wildman–Crippen LogP) is 1.06. The lowest BCUT2D eigenvalue weighted by atomic mass is 9.96. The van der Waals surface area contributed by atoms with E-state index in [1.807, 2.05) is 17.0 Å². The van der Waals surface area contributed by atoms with Crippen LogP contribution in [0, 0.1) is 11.8 Å². The van der Waals surface area contributed by atoms with E-state index in [9.17, 15) is 9.90 Å². The second-order valence-electron chi connectivity index (χ2n) is 7.70. The highest BCUT2D eigenvalue weighted by Crippen LogP contribution is 2.30. The van der Waals surface area contributed by atoms with Crippen molar-refractivity contribution in [2.24, 2.45) is 11.8 Å². The van der Waals surface area contributed by atoms with Crippen LogP contribution in [0.15, 0.2) is 18.2 Å². The number of nitrogens with zero attached hydrogens (tertiary/aromatic N) is 2. The number of amides is 1. The second kappa shape index (κ2) is 7.94. The molecule has 142 valence electrons. The summed E-state index contributed by atoms with van der Waals surface area (Å²) in [6.45, 7) is 6.82. The van der Waals surface area contributed by atoms with Crippen molar-refractivity contribution < 1.29 is 14.6 Å². The quantitative estimate of drug-likeness (QED) is 0.842. The van der Waals surface area contributed by atoms with E-state index in [2.05, 4.69) is 16.3 Å². The van der Waals surface area contributed by atoms with Gasteiger partial charge in [-0.25, -0.2) is 0 Å². The van der Waals surface area contributed by atoms with Gasteiger partial charge in [-0.3, -0.25) is 9.69 Å². The summed E-state index contributed by atoms with van der Waals surface area (Å²) >= 11 is 0. The van der Waals surface area contributed by atoms with Gasteiger partial charge in [0.15, 0.2) is 0 Å². The molecule has 0 saturated carbocycles. The Morgan fingerprint density at radius 3 is 2.85 bits per heavy atom. The van der Waals surface area contributed by atoms with E-state index >= 15 is 0 Å². The van der Waals surface area contributed by atoms with E-state index in [-0.39, 0.29) is 18.4 Å². The summed E-state index contributed by atoms with van der Waals surface area (Å²) in [5.74, 6) is 0.586. The number of aliphatic hydroxyl groups is 1. The zero-order valence-electron chi connectivity index (χ0n) is 15.3. The molecule has 0 aromatic heterocycles. The molecule has 26 heavy (non-hydrogen) atoms. The number of benzene rings is 1. The minimum Gasteiger partial charge on any atom is -0.396 e. The molecule has 2 N–H and O–H groups in total. The summed E-state index contributed by atoms with van der Waals surface area (Å²) in [5.41, 5.74) is 3.04. The van der Waals surface area contributed by atoms with Crippen molar-refractivity contribution in [1.82, 2.24) is 9.80 Å². The van der Waals surface area contributed by atoms with Crippen LogP contribution in [-0.2, 0) is 11.2 Å². The smallest absolute Gasteiger partial charge is 0.255 e. The van der Waals surface area contributed by atoms with E-state index in [4.69, 9.17) is 4.74 Å². The highest BCUT2D eigenvalue weighted by atomic mass is 16.5. The van der Waals surface area contributed by atoms with E-state index in [1.165, 1.54) is 5.56 Å². The third-order valence-electron chi connectivity index (χ3n) is 6.00. The number of hydrogen-bond donors (Lipinski definition) is 2. The Balaban J connectivity index is 1.47. The normalized spacial score (nSPS) is 26.4. The number of rotatable bonds is 4. The van der Waals surface area contributed by atoms with Crippen LogP contribution >= 0.6 is 0 Å². The number of morpholine rings is 1. The number of ether oxygens (including phenoxy) is 1. The molecule has 1 aromatic carbocycles. The molecule has 2 atom stereocenters. The Bertz CT molecular complexity index is 645. The van der Waals surface area contributed by atoms with Crippen LogP contribution in [-0.4, -0.2) is 79.9 Å². The summed E-state index contributed by atoms with van der Waals surface area (Å²) in [4.78, 5) is 17.5. The van der Waals surface area contributed by atoms with Crippen molar-refractivity contribution in [3.63, 3.8) is 0 Å². The molecule has 0 aliphatic carbocycles. The van der Waals surface area contributed by atoms with Crippen molar-refractivity contribution in [3.05, 3.63) is 29.3 Å². The molecule has 4 rings (SSSR count). The maximum absolute atomic E-state index is 13.2. The zero-order chi connectivity index (χ0) is 17.9. The van der Waals surface area contributed by atoms with Crippen LogP contribution in [0.2, 0.25) is 0 Å². The molecule has 3 aliphatic heterocycles. The number of likely N-dealkylation sites (tertiary alicyclic amines) is 1. The molecule has 0 radical (unpaired) electrons. The van der Waals surface area contributed by atoms with Crippen LogP contribution in [0.1, 0.15) is 22.3 Å². The molecular weight excluding hydrogens is 330 g/mol. The molecule has 1 amide bonds. The molecule has 6 heteroatoms. The molecule has 3 heterocycles. The van der Waals surface area contributed by atoms with Crippen LogP contribution in [0.5, 0.6) is 0 Å². The summed E-state index contributed by atoms with van der Waals surface area (Å²) in [6.07, 6.45) is 2.14. The van der Waals surface area contributed by atoms with Gasteiger partial charge in [-0.05, 0) is 30.4 Å². The molecule has 0 spiro atoms. The Kier molecular flexibility index (Phi) is 5.43. The predicted molar refractivity (Wildman–Crippen MR) is 100 cm³/mol. The van der Waals surface area contributed by atoms with E-state index in [0.29, 0.717) is 12.5 Å². The number of carbonyl (C=O) groups excluding carboxylic acids is 1. The lowest BCUT2D eigenvalue weighted by Crippen LogP contribution is -2.41. The maximum Gasteiger partial charge on any atom is 0.255 e. The molecule has 0 unspecified atom stereocenters. The van der Waals surface area contributed by atoms with Gasteiger partial charge in [0.25, 0.3) is 5.91 Å². The number of hydrogen-bond acceptors (Lipinski definition) is 5. The van der Waals surface area contributed by atoms with Crippen LogP contribution in [0.3, 0.4) is 0 Å². The monoisotopic (exact) mass is 359 g/mol. The van der Waals surface area contributed by atoms with Gasteiger partial charge in [-0.2, -0.15) is 0 Å². The Morgan fingerprint density at radius 2 is 2.04 bits per heavy atom. The zero-order valence-corrected chi connectivity index (χ0v) is 15.3. The van der Waals surface area contributed by atoms with E-state index in [1.54, 1.807) is 0 Å². The Hall–Kier alpha value is -1.63. The van der Waals surface area contributed by atoms with E-state index in [0.717, 1.165) is 70.0 Å². The summed E-state index contributed by atoms with van der Waals surface area (Å²) in [5, 5.41) is 13.3. The standard InChI is InChI=1S/C20H29N3O3/c24-14-17-13-23(12-16(17)11-22-7-9-26-10-8-22)20(25)18-5-1-3-15-4-2-6-21-19(15)18/h1,3,5,16-17,21,24H,2,4,6-14H2/t16-,17-/m0/s1. The SMILES string of the molecule is O=C(c1cccc2c1NCCC2)N1C[C@@H](CO)[C@@H](CN2CCOCC2)C1. The average molecular weight is 359 g/mol. The Morgan fingerprint density at radius 1 is 1.23 bits per heavy atom. The van der Waals surface area contributed by atoms with Gasteiger partial charge in [0, 0.05) is 51.8 Å². The number of anilines is 1. The fraction of sp³-hybridized carbons (Fsp3) is 0.650. The number of fused-ring (bicyclic) bond motifs is 1. The van der Waals surface area contributed by atoms with Crippen LogP contribution < -0.4 is 5.32 Å². The Labute approximate surface area is 155 Å². The first-order valence-corrected chi connectivity index (χ1v) is 9.82. The number of para-hydroxylation sites is 1. The third kappa shape index (κ3) is 3.59. The first-order chi connectivity index (χ1) is 12.8. The molecular formula is C20H29N3O3. The van der Waals surface area contributed by atoms with Gasteiger partial charge in [0.1, 0.15) is 0 Å². The molecule has 2 fully saturated rings. The second-order valence-corrected chi connectivity index (χ2v) is 7.70. The minimum absolute atomic E-state index is 0.0965. The van der Waals surface area contributed by atoms with Gasteiger partial charge < -0.3 is 20.1 Å². The number of carbonyl (C=O) groups is 1. The van der Waals surface area contributed by atoms with Crippen molar-refractivity contribution in [3.8, 4) is 0 Å². The minimum atomic E-state index is 0.0965. The molecule has 2 saturated heterocycles. The first-order valence-electron chi connectivity index (χ1n) is 9.82. The van der Waals surface area contributed by atoms with Gasteiger partial charge in [0.05, 0.1) is 24.5 Å². The van der Waals surface area contributed by atoms with Crippen molar-refractivity contribution >= 4 is 11.6 Å². The topological polar surface area (TPSA) is 65.0 Å². The lowest BCUT2D eigenvalue weighted by Gasteiger charge is -2.30. The summed E-state index contributed by atoms with van der Waals surface area (Å²) in [7, 11) is 0. The fourth-order valence-electron chi connectivity index (χ4n) is 4.49. The van der Waals surface area contributed by atoms with Crippen molar-refractivity contribution in [2.45, 2.75) is 12.8 Å². The largest absolute Gasteiger partial charge is 0.396 e. The molecule has 1 aromatic rings. The van der Waals surface area contributed by atoms with Gasteiger partial charge in [-0.1, -0.05) is 12.1 Å². The fourth-order valence-corrected chi connectivity index (χ4v) is 4.49. The van der Waals surface area contributed by atoms with Crippen molar-refractivity contribution in [2.75, 3.05) is 64.4 Å². The molecule has 6 nitrogen and oxygen atoms in total. The average Bonchev–Trinajstić information content (AvgIpc) is 3.10. The summed E-state index contributed by atoms with van der Waals surface area (Å²) in [6, 6.07) is 6.03. The van der Waals surface area contributed by atoms with Crippen LogP contribution in [0.25, 0.3) is 0 Å². The third-order valence-corrected chi connectivity index (χ3v) is 6.00. The summed E-state index contributed by atoms with van der Waals surface area (Å²) < 4.78 is 5.42. The highest BCUT2D eigenvalue weighted by molar-refractivity contribution is 6.00. The van der Waals surface area contributed by atoms with Crippen molar-refractivity contribution in [1.29, 1.82) is 0 Å². The van der Waals surface area contributed by atoms with Gasteiger partial charge >= 0.3 is 0 Å². The number of aryl methyl sites for hydroxylation is 1. The molecule has 3 aliphatic rings. The highest BCUT2D eigenvalue weighted by Gasteiger charge is 2.37. The van der Waals surface area contributed by atoms with Gasteiger partial charge in [-0.15, -0.1) is 0 Å². The maximum atomic E-state index is 13.2. The number of aliphatic hydroxyl groups excluding tert-OH is 1. The molecule has 0 bridgehead atoms.